The maximum absolute atomic E-state index is 16.3. The van der Waals surface area contributed by atoms with Crippen molar-refractivity contribution in [3.05, 3.63) is 189 Å². The number of aliphatic hydroxyl groups excluding tert-OH is 6. The molecule has 11 bridgehead atoms. The fraction of sp³-hybridized carbons (Fsp3) is 0.413. The molecule has 7 aromatic carbocycles. The van der Waals surface area contributed by atoms with E-state index in [1.54, 1.807) is 38.1 Å². The highest BCUT2D eigenvalue weighted by molar-refractivity contribution is 6.32. The molecule has 22 atom stereocenters. The Bertz CT molecular complexity index is 5560. The van der Waals surface area contributed by atoms with Crippen LogP contribution in [0, 0.1) is 29.6 Å². The number of imide groups is 1. The molecule has 0 unspecified atom stereocenters. The number of phenols is 3. The number of amides is 9. The van der Waals surface area contributed by atoms with E-state index in [4.69, 9.17) is 62.1 Å². The number of aliphatic carboxylic acids is 1. The van der Waals surface area contributed by atoms with Gasteiger partial charge >= 0.3 is 5.97 Å². The summed E-state index contributed by atoms with van der Waals surface area (Å²) >= 11 is 14.4. The van der Waals surface area contributed by atoms with Gasteiger partial charge < -0.3 is 132 Å². The van der Waals surface area contributed by atoms with Crippen LogP contribution >= 0.6 is 23.2 Å². The van der Waals surface area contributed by atoms with Crippen LogP contribution in [0.15, 0.2) is 140 Å². The molecule has 9 aliphatic rings. The van der Waals surface area contributed by atoms with Gasteiger partial charge in [0.15, 0.2) is 29.9 Å². The fourth-order valence-electron chi connectivity index (χ4n) is 17.8. The van der Waals surface area contributed by atoms with E-state index in [1.165, 1.54) is 24.1 Å². The van der Waals surface area contributed by atoms with Crippen LogP contribution in [0.4, 0.5) is 0 Å². The molecule has 131 heavy (non-hydrogen) atoms. The molecule has 16 rings (SSSR count). The lowest BCUT2D eigenvalue weighted by Gasteiger charge is -2.48. The Hall–Kier alpha value is -12.1. The molecular weight excluding hydrogens is 1750 g/mol. The van der Waals surface area contributed by atoms with Gasteiger partial charge in [0.2, 0.25) is 65.2 Å². The van der Waals surface area contributed by atoms with Crippen molar-refractivity contribution in [1.82, 2.24) is 47.4 Å². The van der Waals surface area contributed by atoms with Crippen LogP contribution in [0.5, 0.6) is 51.7 Å². The first kappa shape index (κ1) is 95.0. The van der Waals surface area contributed by atoms with Crippen molar-refractivity contribution < 1.29 is 132 Å². The molecule has 0 radical (unpaired) electrons. The number of likely N-dealkylation sites (tertiary alicyclic amines) is 1. The largest absolute Gasteiger partial charge is 0.508 e. The summed E-state index contributed by atoms with van der Waals surface area (Å²) < 4.78 is 45.7. The van der Waals surface area contributed by atoms with Crippen LogP contribution in [0.3, 0.4) is 0 Å². The van der Waals surface area contributed by atoms with Crippen molar-refractivity contribution in [3.8, 4) is 62.9 Å². The van der Waals surface area contributed by atoms with Gasteiger partial charge in [-0.3, -0.25) is 48.1 Å². The topological polar surface area (TPSA) is 563 Å². The number of carbonyl (C=O) groups is 10. The number of ether oxygens (including phenoxy) is 7. The molecule has 37 nitrogen and oxygen atoms in total. The molecule has 3 saturated heterocycles. The highest BCUT2D eigenvalue weighted by Gasteiger charge is 2.57. The molecule has 4 fully saturated rings. The third-order valence-corrected chi connectivity index (χ3v) is 25.3. The number of nitrogens with two attached hydrogens (primary N) is 1. The fourth-order valence-corrected chi connectivity index (χ4v) is 18.3. The van der Waals surface area contributed by atoms with Crippen LogP contribution < -0.4 is 67.2 Å². The summed E-state index contributed by atoms with van der Waals surface area (Å²) in [5, 5.41) is 137. The number of carbonyl (C=O) groups excluding carboxylic acids is 9. The number of hydrogen-bond donors (Lipinski definition) is 19. The van der Waals surface area contributed by atoms with E-state index in [1.807, 2.05) is 63.3 Å². The van der Waals surface area contributed by atoms with Crippen LogP contribution in [0.1, 0.15) is 136 Å². The Labute approximate surface area is 760 Å². The molecule has 20 N–H and O–H groups in total. The van der Waals surface area contributed by atoms with Crippen molar-refractivity contribution in [2.24, 2.45) is 35.3 Å². The van der Waals surface area contributed by atoms with Crippen LogP contribution in [-0.4, -0.2) is 221 Å². The van der Waals surface area contributed by atoms with E-state index in [9.17, 15) is 75.0 Å². The highest BCUT2D eigenvalue weighted by atomic mass is 35.5. The Kier molecular flexibility index (Phi) is 29.0. The minimum Gasteiger partial charge on any atom is -0.508 e. The third-order valence-electron chi connectivity index (χ3n) is 24.7. The molecule has 8 aliphatic heterocycles. The summed E-state index contributed by atoms with van der Waals surface area (Å²) in [5.41, 5.74) is 3.28. The van der Waals surface area contributed by atoms with E-state index in [0.29, 0.717) is 12.2 Å². The molecule has 8 heterocycles. The van der Waals surface area contributed by atoms with Gasteiger partial charge in [-0.05, 0) is 158 Å². The number of benzene rings is 7. The van der Waals surface area contributed by atoms with Crippen LogP contribution in [0.25, 0.3) is 17.2 Å². The zero-order valence-electron chi connectivity index (χ0n) is 71.6. The Morgan fingerprint density at radius 2 is 1.34 bits per heavy atom. The van der Waals surface area contributed by atoms with Crippen molar-refractivity contribution >= 4 is 88.4 Å². The maximum Gasteiger partial charge on any atom is 0.330 e. The molecular formula is C92H102Cl2N10O27. The average Bonchev–Trinajstić information content (AvgIpc) is 1.55. The Morgan fingerprint density at radius 1 is 0.695 bits per heavy atom. The maximum atomic E-state index is 16.3. The summed E-state index contributed by atoms with van der Waals surface area (Å²) in [6.45, 7) is 8.37. The minimum atomic E-state index is -2.38. The van der Waals surface area contributed by atoms with Gasteiger partial charge in [-0.25, -0.2) is 4.79 Å². The molecule has 7 aromatic rings. The number of primary amides is 1. The molecule has 39 heteroatoms. The molecule has 1 aliphatic carbocycles. The van der Waals surface area contributed by atoms with E-state index in [-0.39, 0.29) is 89.6 Å². The number of hydrogen-bond acceptors (Lipinski definition) is 28. The predicted molar refractivity (Wildman–Crippen MR) is 465 cm³/mol. The number of nitrogens with zero attached hydrogens (tertiary/aromatic N) is 1. The smallest absolute Gasteiger partial charge is 0.330 e. The average molecular weight is 1850 g/mol. The number of fused-ring (bicyclic) bond motifs is 16. The molecule has 0 aromatic heterocycles. The first-order chi connectivity index (χ1) is 62.4. The van der Waals surface area contributed by atoms with Gasteiger partial charge in [-0.1, -0.05) is 117 Å². The van der Waals surface area contributed by atoms with Gasteiger partial charge in [0.05, 0.1) is 59.8 Å². The molecule has 0 spiro atoms. The number of aromatic hydroxyl groups is 3. The lowest BCUT2D eigenvalue weighted by atomic mass is 9.84. The standard InChI is InChI=1S/C92H102Cl2N10O27/c1-40(2)27-56(96-6)82(115)102-73-75(110)47-18-23-60(54(93)30-47)127-62-32-49-33-63(128-61-24-19-48(31-55(61)94)76(111)74-87(120)101-72(90(123)124)53-34-50(106)35-59(108)69(53)52-29-46(17-22-58(52)107)70(84(117)103-74)100-85(118)71(49)99-83(116)57(36-65(95)109)98-86(73)119)79(62)131-91-80(78(113)77(112)64(39-105)129-91)130-66-37-92(5,81(114)42(4)126-66)97-38-44-14-20-51(21-15-44)125-26-10-25-104-88(121)67-41(3)28-45(68(67)89(104)122)16-13-43-11-8-7-9-12-43/h7-9,11-24,29-35,40-42,45,56-57,64,66-68,70-78,80-81,91,96-97,105-108,110-114H,10,25-28,36-39H2,1-6H3,(H2,95,109)(H,98,119)(H,99,116)(H,100,118)(H,101,120)(H,102,115)(H,103,117)(H,123,124)/b16-13+/t41-,42-,45+,56+,57-,64+,66-,67+,68-,70+,71+,72-,73+,74-,75+,76+,77+,78-,80+,81+,91-,92-/m0/s1. The Morgan fingerprint density at radius 3 is 1.98 bits per heavy atom. The zero-order chi connectivity index (χ0) is 94.0. The summed E-state index contributed by atoms with van der Waals surface area (Å²) in [7, 11) is 1.47. The van der Waals surface area contributed by atoms with E-state index >= 15 is 24.0 Å². The number of carboxylic acids is 1. The summed E-state index contributed by atoms with van der Waals surface area (Å²) in [5.74, 6) is -17.0. The number of nitrogens with one attached hydrogen (secondary N) is 8. The van der Waals surface area contributed by atoms with Gasteiger partial charge in [0, 0.05) is 47.8 Å². The molecule has 696 valence electrons. The lowest BCUT2D eigenvalue weighted by molar-refractivity contribution is -0.334. The molecule has 9 amide bonds. The van der Waals surface area contributed by atoms with Crippen LogP contribution in [-0.2, 0) is 68.7 Å². The normalized spacial score (nSPS) is 28.8. The van der Waals surface area contributed by atoms with E-state index in [0.717, 1.165) is 84.3 Å². The SMILES string of the molecule is CN[C@H](CC(C)C)C(=O)N[C@H]1C(=O)N[C@@H](CC(N)=O)C(=O)N[C@H]2C(=O)N[C@H]3C(=O)N[C@H](C(=O)N[C@H](C(=O)O)c4cc(O)cc(O)c4-c4cc3ccc4O)[C@H](O)c3ccc(c(Cl)c3)Oc3cc2cc(c3O[C@@H]2O[C@H](CO)[C@@H](O)[C@H](O)[C@H]2O[C@H]2C[C@](C)(NCc3ccc(OCCCN4C(=O)[C@@H]5[C@H](C4=O)[C@@H](C)C[C@H]5/C=C/c4ccccc4)cc3)[C@H](O)[C@H](C)O2)Oc2ccc(cc2Cl)[C@H]1O. The van der Waals surface area contributed by atoms with Gasteiger partial charge in [-0.2, -0.15) is 0 Å². The minimum absolute atomic E-state index is 0.0297. The van der Waals surface area contributed by atoms with Crippen molar-refractivity contribution in [1.29, 1.82) is 0 Å². The summed E-state index contributed by atoms with van der Waals surface area (Å²) in [6.07, 6.45) is -14.0. The first-order valence-corrected chi connectivity index (χ1v) is 43.4. The van der Waals surface area contributed by atoms with E-state index in [2.05, 4.69) is 42.5 Å². The summed E-state index contributed by atoms with van der Waals surface area (Å²) in [4.78, 5) is 147. The van der Waals surface area contributed by atoms with Gasteiger partial charge in [0.1, 0.15) is 95.2 Å². The van der Waals surface area contributed by atoms with Crippen molar-refractivity contribution in [2.45, 2.75) is 183 Å². The number of allylic oxidation sites excluding steroid dienone is 1. The van der Waals surface area contributed by atoms with Crippen molar-refractivity contribution in [3.63, 3.8) is 0 Å². The van der Waals surface area contributed by atoms with Gasteiger partial charge in [-0.15, -0.1) is 0 Å². The second kappa shape index (κ2) is 39.9. The highest BCUT2D eigenvalue weighted by Crippen LogP contribution is 2.52. The number of rotatable bonds is 23. The second-order valence-electron chi connectivity index (χ2n) is 34.4. The number of aliphatic hydroxyl groups is 6. The molecule has 1 saturated carbocycles. The zero-order valence-corrected chi connectivity index (χ0v) is 73.1. The Balaban J connectivity index is 0.827. The third kappa shape index (κ3) is 20.5. The predicted octanol–water partition coefficient (Wildman–Crippen LogP) is 4.68. The summed E-state index contributed by atoms with van der Waals surface area (Å²) in [6, 6.07) is 16.0. The van der Waals surface area contributed by atoms with Crippen LogP contribution in [0.2, 0.25) is 10.0 Å². The monoisotopic (exact) mass is 1850 g/mol. The first-order valence-electron chi connectivity index (χ1n) is 42.6. The van der Waals surface area contributed by atoms with Crippen molar-refractivity contribution in [2.75, 3.05) is 26.8 Å². The number of phenolic OH excluding ortho intramolecular Hbond substituents is 3. The lowest BCUT2D eigenvalue weighted by Crippen LogP contribution is -2.65. The second-order valence-corrected chi connectivity index (χ2v) is 35.2. The quantitative estimate of drug-likeness (QED) is 0.0305. The number of carboxylic acid groups (broad SMARTS) is 1. The number of likely N-dealkylation sites (N-methyl/N-ethyl adjacent to an activating group) is 1. The number of halogens is 2. The van der Waals surface area contributed by atoms with E-state index < -0.39 is 249 Å². The van der Waals surface area contributed by atoms with Gasteiger partial charge in [0.25, 0.3) is 0 Å².